The van der Waals surface area contributed by atoms with E-state index < -0.39 is 11.9 Å². The zero-order valence-electron chi connectivity index (χ0n) is 17.8. The summed E-state index contributed by atoms with van der Waals surface area (Å²) >= 11 is 5.88. The van der Waals surface area contributed by atoms with Crippen LogP contribution in [0.5, 0.6) is 5.75 Å². The van der Waals surface area contributed by atoms with Crippen molar-refractivity contribution in [2.24, 2.45) is 0 Å². The van der Waals surface area contributed by atoms with Gasteiger partial charge >= 0.3 is 5.97 Å². The molecule has 0 aliphatic rings. The predicted molar refractivity (Wildman–Crippen MR) is 118 cm³/mol. The van der Waals surface area contributed by atoms with E-state index in [0.717, 1.165) is 16.9 Å². The predicted octanol–water partition coefficient (Wildman–Crippen LogP) is 1.36. The number of aliphatic carboxylic acids is 1. The number of carbonyl (C=O) groups is 2. The standard InChI is InChI=1S/C20H24ClN7O4/c1-3-27-13-9-11(32-2)6-7-12(13)28(8-4-5-15(29)30)14(27)10-24-20(31)16-18(22)26-19(23)17(21)25-16/h6-7,9H,3-5,8,10H2,1-2H3,(H5-,22,23,24,26,29,30,31)/p+1. The summed E-state index contributed by atoms with van der Waals surface area (Å²) in [4.78, 5) is 31.5. The molecule has 0 radical (unpaired) electrons. The van der Waals surface area contributed by atoms with E-state index in [1.165, 1.54) is 0 Å². The molecule has 3 aromatic rings. The van der Waals surface area contributed by atoms with Crippen molar-refractivity contribution < 1.29 is 24.0 Å². The van der Waals surface area contributed by atoms with Crippen LogP contribution in [0.3, 0.4) is 0 Å². The Morgan fingerprint density at radius 3 is 2.69 bits per heavy atom. The second-order valence-electron chi connectivity index (χ2n) is 6.98. The van der Waals surface area contributed by atoms with Crippen molar-refractivity contribution in [2.45, 2.75) is 39.4 Å². The van der Waals surface area contributed by atoms with Crippen LogP contribution in [0.15, 0.2) is 18.2 Å². The lowest BCUT2D eigenvalue weighted by Crippen LogP contribution is -2.41. The van der Waals surface area contributed by atoms with Crippen LogP contribution in [0.2, 0.25) is 5.15 Å². The number of nitrogens with one attached hydrogen (secondary N) is 1. The molecule has 0 saturated carbocycles. The van der Waals surface area contributed by atoms with Crippen molar-refractivity contribution in [1.29, 1.82) is 0 Å². The Morgan fingerprint density at radius 2 is 2.03 bits per heavy atom. The van der Waals surface area contributed by atoms with Crippen LogP contribution >= 0.6 is 11.6 Å². The SMILES string of the molecule is CCn1c(CNC(=O)c2nc(Cl)c(N)nc2N)[n+](CCCC(=O)O)c2ccc(OC)cc21. The Hall–Kier alpha value is -3.60. The number of hydrogen-bond acceptors (Lipinski definition) is 7. The van der Waals surface area contributed by atoms with E-state index in [1.807, 2.05) is 34.3 Å². The third-order valence-corrected chi connectivity index (χ3v) is 5.28. The molecule has 32 heavy (non-hydrogen) atoms. The highest BCUT2D eigenvalue weighted by Gasteiger charge is 2.26. The third kappa shape index (κ3) is 4.67. The molecule has 12 heteroatoms. The fourth-order valence-corrected chi connectivity index (χ4v) is 3.66. The first kappa shape index (κ1) is 23.1. The minimum atomic E-state index is -0.865. The van der Waals surface area contributed by atoms with Crippen molar-refractivity contribution in [2.75, 3.05) is 18.6 Å². The summed E-state index contributed by atoms with van der Waals surface area (Å²) in [6, 6.07) is 5.65. The molecule has 0 aliphatic heterocycles. The van der Waals surface area contributed by atoms with Crippen molar-refractivity contribution in [1.82, 2.24) is 19.9 Å². The maximum absolute atomic E-state index is 12.7. The highest BCUT2D eigenvalue weighted by Crippen LogP contribution is 2.22. The zero-order chi connectivity index (χ0) is 23.4. The van der Waals surface area contributed by atoms with Crippen LogP contribution < -0.4 is 26.1 Å². The number of halogens is 1. The molecule has 3 rings (SSSR count). The van der Waals surface area contributed by atoms with Gasteiger partial charge in [0, 0.05) is 12.5 Å². The number of carboxylic acids is 1. The molecule has 11 nitrogen and oxygen atoms in total. The summed E-state index contributed by atoms with van der Waals surface area (Å²) < 4.78 is 9.38. The summed E-state index contributed by atoms with van der Waals surface area (Å²) in [5.41, 5.74) is 13.0. The molecule has 0 spiro atoms. The minimum Gasteiger partial charge on any atom is -0.497 e. The van der Waals surface area contributed by atoms with Gasteiger partial charge in [0.25, 0.3) is 11.7 Å². The van der Waals surface area contributed by atoms with E-state index in [0.29, 0.717) is 25.3 Å². The fraction of sp³-hybridized carbons (Fsp3) is 0.350. The number of aryl methyl sites for hydroxylation is 2. The number of fused-ring (bicyclic) bond motifs is 1. The van der Waals surface area contributed by atoms with Crippen LogP contribution in [-0.4, -0.2) is 38.6 Å². The van der Waals surface area contributed by atoms with E-state index in [4.69, 9.17) is 32.9 Å². The number of nitrogens with two attached hydrogens (primary N) is 2. The van der Waals surface area contributed by atoms with Gasteiger partial charge in [-0.1, -0.05) is 11.6 Å². The number of benzene rings is 1. The van der Waals surface area contributed by atoms with Gasteiger partial charge in [0.05, 0.1) is 20.2 Å². The highest BCUT2D eigenvalue weighted by atomic mass is 35.5. The van der Waals surface area contributed by atoms with Crippen molar-refractivity contribution >= 4 is 46.1 Å². The average molecular weight is 463 g/mol. The number of anilines is 2. The maximum Gasteiger partial charge on any atom is 0.303 e. The van der Waals surface area contributed by atoms with Crippen molar-refractivity contribution in [3.05, 3.63) is 34.9 Å². The average Bonchev–Trinajstić information content (AvgIpc) is 3.05. The Morgan fingerprint density at radius 1 is 1.28 bits per heavy atom. The molecule has 0 fully saturated rings. The number of hydrogen-bond donors (Lipinski definition) is 4. The second-order valence-corrected chi connectivity index (χ2v) is 7.34. The summed E-state index contributed by atoms with van der Waals surface area (Å²) in [5, 5.41) is 11.7. The zero-order valence-corrected chi connectivity index (χ0v) is 18.5. The largest absolute Gasteiger partial charge is 0.497 e. The summed E-state index contributed by atoms with van der Waals surface area (Å²) in [5.74, 6) is -0.133. The van der Waals surface area contributed by atoms with Crippen LogP contribution in [0.1, 0.15) is 36.1 Å². The lowest BCUT2D eigenvalue weighted by Gasteiger charge is -2.08. The minimum absolute atomic E-state index is 0.0316. The van der Waals surface area contributed by atoms with Gasteiger partial charge in [0.1, 0.15) is 12.3 Å². The van der Waals surface area contributed by atoms with E-state index >= 15 is 0 Å². The summed E-state index contributed by atoms with van der Waals surface area (Å²) in [7, 11) is 1.59. The number of aromatic nitrogens is 4. The van der Waals surface area contributed by atoms with E-state index in [2.05, 4.69) is 15.3 Å². The van der Waals surface area contributed by atoms with Crippen molar-refractivity contribution in [3.8, 4) is 5.75 Å². The summed E-state index contributed by atoms with van der Waals surface area (Å²) in [6.45, 7) is 3.20. The van der Waals surface area contributed by atoms with Gasteiger partial charge < -0.3 is 26.6 Å². The number of rotatable bonds is 9. The first-order chi connectivity index (χ1) is 15.3. The molecule has 6 N–H and O–H groups in total. The van der Waals surface area contributed by atoms with Gasteiger partial charge in [-0.2, -0.15) is 0 Å². The lowest BCUT2D eigenvalue weighted by molar-refractivity contribution is -0.680. The maximum atomic E-state index is 12.7. The van der Waals surface area contributed by atoms with Crippen LogP contribution in [0.25, 0.3) is 11.0 Å². The third-order valence-electron chi connectivity index (χ3n) is 5.00. The molecule has 1 aromatic carbocycles. The van der Waals surface area contributed by atoms with Crippen LogP contribution in [0.4, 0.5) is 11.6 Å². The molecule has 0 atom stereocenters. The fourth-order valence-electron chi connectivity index (χ4n) is 3.53. The van der Waals surface area contributed by atoms with E-state index in [9.17, 15) is 9.59 Å². The first-order valence-corrected chi connectivity index (χ1v) is 10.3. The molecular formula is C20H25ClN7O4+. The molecule has 0 bridgehead atoms. The first-order valence-electron chi connectivity index (χ1n) is 9.94. The molecule has 0 saturated heterocycles. The van der Waals surface area contributed by atoms with Gasteiger partial charge in [-0.15, -0.1) is 0 Å². The number of methoxy groups -OCH3 is 1. The highest BCUT2D eigenvalue weighted by molar-refractivity contribution is 6.31. The van der Waals surface area contributed by atoms with E-state index in [1.54, 1.807) is 7.11 Å². The van der Waals surface area contributed by atoms with Gasteiger partial charge in [-0.05, 0) is 25.5 Å². The Balaban J connectivity index is 1.97. The summed E-state index contributed by atoms with van der Waals surface area (Å²) in [6.07, 6.45) is 0.464. The molecule has 2 aromatic heterocycles. The molecule has 170 valence electrons. The molecule has 1 amide bonds. The van der Waals surface area contributed by atoms with E-state index in [-0.39, 0.29) is 35.4 Å². The topological polar surface area (TPSA) is 162 Å². The number of amides is 1. The Bertz CT molecular complexity index is 1180. The number of nitrogen functional groups attached to an aromatic ring is 2. The number of carbonyl (C=O) groups excluding carboxylic acids is 1. The van der Waals surface area contributed by atoms with Crippen LogP contribution in [-0.2, 0) is 24.4 Å². The molecule has 2 heterocycles. The number of ether oxygens (including phenoxy) is 1. The van der Waals surface area contributed by atoms with Gasteiger partial charge in [-0.3, -0.25) is 9.59 Å². The van der Waals surface area contributed by atoms with Gasteiger partial charge in [-0.25, -0.2) is 19.1 Å². The molecule has 0 unspecified atom stereocenters. The number of carboxylic acid groups (broad SMARTS) is 1. The van der Waals surface area contributed by atoms with Gasteiger partial charge in [0.2, 0.25) is 0 Å². The quantitative estimate of drug-likeness (QED) is 0.346. The molecule has 0 aliphatic carbocycles. The van der Waals surface area contributed by atoms with Gasteiger partial charge in [0.15, 0.2) is 33.5 Å². The smallest absolute Gasteiger partial charge is 0.303 e. The Kier molecular flexibility index (Phi) is 6.98. The molecular weight excluding hydrogens is 438 g/mol. The number of imidazole rings is 1. The van der Waals surface area contributed by atoms with Crippen LogP contribution in [0, 0.1) is 0 Å². The van der Waals surface area contributed by atoms with Crippen molar-refractivity contribution in [3.63, 3.8) is 0 Å². The Labute approximate surface area is 189 Å². The lowest BCUT2D eigenvalue weighted by atomic mass is 10.2. The second kappa shape index (κ2) is 9.69. The normalized spacial score (nSPS) is 11.0. The number of nitrogens with zero attached hydrogens (tertiary/aromatic N) is 4. The monoisotopic (exact) mass is 462 g/mol.